The SMILES string of the molecule is O=c1c(Nc2ccc(OC(F)(F)F)cc2F)nccn1-c1ccc(OCc2nn[nH]n2)cc1. The minimum absolute atomic E-state index is 0.0947. The number of H-pyrrole nitrogens is 1. The summed E-state index contributed by atoms with van der Waals surface area (Å²) < 4.78 is 61.5. The van der Waals surface area contributed by atoms with E-state index in [2.05, 4.69) is 35.7 Å². The molecule has 0 amide bonds. The van der Waals surface area contributed by atoms with Crippen molar-refractivity contribution in [3.63, 3.8) is 0 Å². The van der Waals surface area contributed by atoms with Crippen LogP contribution in [0.5, 0.6) is 11.5 Å². The van der Waals surface area contributed by atoms with Gasteiger partial charge in [0.25, 0.3) is 5.56 Å². The van der Waals surface area contributed by atoms with Gasteiger partial charge in [0, 0.05) is 24.1 Å². The van der Waals surface area contributed by atoms with E-state index in [0.717, 1.165) is 12.1 Å². The zero-order valence-electron chi connectivity index (χ0n) is 16.4. The Kier molecular flexibility index (Phi) is 5.89. The maximum Gasteiger partial charge on any atom is 0.573 e. The fourth-order valence-corrected chi connectivity index (χ4v) is 2.72. The second-order valence-electron chi connectivity index (χ2n) is 6.38. The zero-order valence-corrected chi connectivity index (χ0v) is 16.4. The molecule has 0 unspecified atom stereocenters. The van der Waals surface area contributed by atoms with Crippen LogP contribution in [-0.2, 0) is 6.61 Å². The molecule has 0 saturated carbocycles. The van der Waals surface area contributed by atoms with Gasteiger partial charge in [0.05, 0.1) is 5.69 Å². The summed E-state index contributed by atoms with van der Waals surface area (Å²) in [6.07, 6.45) is -2.24. The van der Waals surface area contributed by atoms with Crippen molar-refractivity contribution in [1.29, 1.82) is 0 Å². The van der Waals surface area contributed by atoms with Crippen LogP contribution in [0.1, 0.15) is 5.82 Å². The first-order valence-corrected chi connectivity index (χ1v) is 9.14. The smallest absolute Gasteiger partial charge is 0.485 e. The van der Waals surface area contributed by atoms with Crippen LogP contribution >= 0.6 is 0 Å². The molecule has 0 aliphatic rings. The van der Waals surface area contributed by atoms with Gasteiger partial charge >= 0.3 is 6.36 Å². The Morgan fingerprint density at radius 3 is 2.52 bits per heavy atom. The van der Waals surface area contributed by atoms with E-state index >= 15 is 0 Å². The summed E-state index contributed by atoms with van der Waals surface area (Å²) in [5.41, 5.74) is -0.406. The average molecular weight is 463 g/mol. The predicted molar refractivity (Wildman–Crippen MR) is 105 cm³/mol. The van der Waals surface area contributed by atoms with Crippen LogP contribution in [0.15, 0.2) is 59.7 Å². The third kappa shape index (κ3) is 5.41. The van der Waals surface area contributed by atoms with Gasteiger partial charge in [0.1, 0.15) is 17.3 Å². The van der Waals surface area contributed by atoms with Crippen molar-refractivity contribution in [3.8, 4) is 17.2 Å². The fourth-order valence-electron chi connectivity index (χ4n) is 2.72. The van der Waals surface area contributed by atoms with Crippen molar-refractivity contribution in [2.75, 3.05) is 5.32 Å². The molecule has 2 aromatic heterocycles. The van der Waals surface area contributed by atoms with E-state index in [1.54, 1.807) is 24.3 Å². The number of aromatic amines is 1. The van der Waals surface area contributed by atoms with E-state index in [1.807, 2.05) is 0 Å². The summed E-state index contributed by atoms with van der Waals surface area (Å²) in [6, 6.07) is 8.92. The molecule has 0 aliphatic carbocycles. The quantitative estimate of drug-likeness (QED) is 0.401. The van der Waals surface area contributed by atoms with Gasteiger partial charge in [-0.15, -0.1) is 23.4 Å². The predicted octanol–water partition coefficient (Wildman–Crippen LogP) is 3.11. The van der Waals surface area contributed by atoms with Crippen LogP contribution in [-0.4, -0.2) is 36.5 Å². The Labute approximate surface area is 181 Å². The third-order valence-corrected chi connectivity index (χ3v) is 4.14. The Hall–Kier alpha value is -4.49. The molecule has 2 aromatic carbocycles. The number of nitrogens with one attached hydrogen (secondary N) is 2. The highest BCUT2D eigenvalue weighted by Gasteiger charge is 2.31. The summed E-state index contributed by atoms with van der Waals surface area (Å²) in [5.74, 6) is -1.17. The highest BCUT2D eigenvalue weighted by molar-refractivity contribution is 5.58. The van der Waals surface area contributed by atoms with Gasteiger partial charge in [-0.25, -0.2) is 9.37 Å². The lowest BCUT2D eigenvalue weighted by Crippen LogP contribution is -2.22. The number of alkyl halides is 3. The summed E-state index contributed by atoms with van der Waals surface area (Å²) in [4.78, 5) is 16.7. The molecule has 0 atom stereocenters. The van der Waals surface area contributed by atoms with Crippen LogP contribution in [0.4, 0.5) is 29.1 Å². The monoisotopic (exact) mass is 463 g/mol. The van der Waals surface area contributed by atoms with Crippen molar-refractivity contribution in [3.05, 3.63) is 76.9 Å². The van der Waals surface area contributed by atoms with Crippen LogP contribution in [0, 0.1) is 5.82 Å². The second kappa shape index (κ2) is 8.94. The molecule has 4 rings (SSSR count). The Morgan fingerprint density at radius 2 is 1.85 bits per heavy atom. The first-order chi connectivity index (χ1) is 15.8. The Morgan fingerprint density at radius 1 is 1.09 bits per heavy atom. The lowest BCUT2D eigenvalue weighted by Gasteiger charge is -2.12. The lowest BCUT2D eigenvalue weighted by atomic mass is 10.3. The number of rotatable bonds is 7. The van der Waals surface area contributed by atoms with Gasteiger partial charge in [0.15, 0.2) is 12.4 Å². The van der Waals surface area contributed by atoms with E-state index in [0.29, 0.717) is 23.3 Å². The molecule has 0 spiro atoms. The number of aromatic nitrogens is 6. The number of halogens is 4. The molecular weight excluding hydrogens is 450 g/mol. The molecular formula is C19H13F4N7O3. The molecule has 10 nitrogen and oxygen atoms in total. The van der Waals surface area contributed by atoms with E-state index in [1.165, 1.54) is 17.0 Å². The molecule has 2 N–H and O–H groups in total. The molecule has 33 heavy (non-hydrogen) atoms. The molecule has 170 valence electrons. The van der Waals surface area contributed by atoms with Crippen molar-refractivity contribution in [2.24, 2.45) is 0 Å². The molecule has 0 saturated heterocycles. The molecule has 2 heterocycles. The normalized spacial score (nSPS) is 11.3. The number of anilines is 2. The summed E-state index contributed by atoms with van der Waals surface area (Å²) in [6.45, 7) is 0.0947. The van der Waals surface area contributed by atoms with Gasteiger partial charge in [-0.1, -0.05) is 5.21 Å². The highest BCUT2D eigenvalue weighted by atomic mass is 19.4. The van der Waals surface area contributed by atoms with Gasteiger partial charge < -0.3 is 14.8 Å². The van der Waals surface area contributed by atoms with Crippen molar-refractivity contribution in [1.82, 2.24) is 30.2 Å². The van der Waals surface area contributed by atoms with Crippen molar-refractivity contribution in [2.45, 2.75) is 13.0 Å². The number of nitrogens with zero attached hydrogens (tertiary/aromatic N) is 5. The van der Waals surface area contributed by atoms with Crippen LogP contribution < -0.4 is 20.3 Å². The third-order valence-electron chi connectivity index (χ3n) is 4.14. The number of tetrazole rings is 1. The molecule has 0 bridgehead atoms. The van der Waals surface area contributed by atoms with E-state index in [4.69, 9.17) is 4.74 Å². The first kappa shape index (κ1) is 21.7. The summed E-state index contributed by atoms with van der Waals surface area (Å²) >= 11 is 0. The Balaban J connectivity index is 1.50. The van der Waals surface area contributed by atoms with Gasteiger partial charge in [-0.2, -0.15) is 5.21 Å². The van der Waals surface area contributed by atoms with Crippen LogP contribution in [0.25, 0.3) is 5.69 Å². The van der Waals surface area contributed by atoms with E-state index in [9.17, 15) is 22.4 Å². The van der Waals surface area contributed by atoms with Crippen LogP contribution in [0.2, 0.25) is 0 Å². The van der Waals surface area contributed by atoms with E-state index in [-0.39, 0.29) is 18.1 Å². The van der Waals surface area contributed by atoms with Crippen molar-refractivity contribution >= 4 is 11.5 Å². The van der Waals surface area contributed by atoms with E-state index < -0.39 is 23.5 Å². The standard InChI is InChI=1S/C19H13F4N7O3/c20-14-9-13(33-19(21,22)23)5-6-15(14)25-17-18(31)30(8-7-24-17)11-1-3-12(4-2-11)32-10-16-26-28-29-27-16/h1-9H,10H2,(H,24,25)(H,26,27,28,29). The molecule has 14 heteroatoms. The molecule has 0 aliphatic heterocycles. The minimum atomic E-state index is -4.95. The second-order valence-corrected chi connectivity index (χ2v) is 6.38. The van der Waals surface area contributed by atoms with Crippen LogP contribution in [0.3, 0.4) is 0 Å². The minimum Gasteiger partial charge on any atom is -0.485 e. The molecule has 0 fully saturated rings. The molecule has 4 aromatic rings. The van der Waals surface area contributed by atoms with Gasteiger partial charge in [-0.3, -0.25) is 9.36 Å². The lowest BCUT2D eigenvalue weighted by molar-refractivity contribution is -0.274. The number of hydrogen-bond donors (Lipinski definition) is 2. The number of benzene rings is 2. The largest absolute Gasteiger partial charge is 0.573 e. The average Bonchev–Trinajstić information content (AvgIpc) is 3.29. The first-order valence-electron chi connectivity index (χ1n) is 9.14. The topological polar surface area (TPSA) is 120 Å². The van der Waals surface area contributed by atoms with Crippen molar-refractivity contribution < 1.29 is 27.0 Å². The number of ether oxygens (including phenoxy) is 2. The maximum atomic E-state index is 14.2. The summed E-state index contributed by atoms with van der Waals surface area (Å²) in [5, 5.41) is 15.7. The highest BCUT2D eigenvalue weighted by Crippen LogP contribution is 2.27. The van der Waals surface area contributed by atoms with Gasteiger partial charge in [-0.05, 0) is 36.4 Å². The summed E-state index contributed by atoms with van der Waals surface area (Å²) in [7, 11) is 0. The molecule has 0 radical (unpaired) electrons. The maximum absolute atomic E-state index is 14.2. The number of hydrogen-bond acceptors (Lipinski definition) is 8. The fraction of sp³-hybridized carbons (Fsp3) is 0.105. The van der Waals surface area contributed by atoms with Gasteiger partial charge in [0.2, 0.25) is 5.82 Å². The Bertz CT molecular complexity index is 1290. The zero-order chi connectivity index (χ0) is 23.4.